The van der Waals surface area contributed by atoms with Crippen molar-refractivity contribution in [1.29, 1.82) is 0 Å². The molecule has 2 fully saturated rings. The van der Waals surface area contributed by atoms with Gasteiger partial charge in [0.05, 0.1) is 0 Å². The van der Waals surface area contributed by atoms with E-state index in [1.54, 1.807) is 5.57 Å². The molecule has 0 aliphatic heterocycles. The molecule has 1 nitrogen and oxygen atoms in total. The van der Waals surface area contributed by atoms with Crippen molar-refractivity contribution in [1.82, 2.24) is 5.32 Å². The summed E-state index contributed by atoms with van der Waals surface area (Å²) in [4.78, 5) is 0. The average Bonchev–Trinajstić information content (AvgIpc) is 2.90. The van der Waals surface area contributed by atoms with Gasteiger partial charge in [-0.3, -0.25) is 0 Å². The van der Waals surface area contributed by atoms with Crippen LogP contribution in [0.2, 0.25) is 0 Å². The summed E-state index contributed by atoms with van der Waals surface area (Å²) in [6.07, 6.45) is 12.3. The fourth-order valence-electron chi connectivity index (χ4n) is 1.95. The summed E-state index contributed by atoms with van der Waals surface area (Å²) in [6.45, 7) is 1.12. The first-order chi connectivity index (χ1) is 5.95. The highest BCUT2D eigenvalue weighted by molar-refractivity contribution is 5.16. The van der Waals surface area contributed by atoms with Crippen molar-refractivity contribution >= 4 is 0 Å². The first kappa shape index (κ1) is 8.31. The van der Waals surface area contributed by atoms with Gasteiger partial charge < -0.3 is 5.32 Å². The summed E-state index contributed by atoms with van der Waals surface area (Å²) < 4.78 is 0. The highest BCUT2D eigenvalue weighted by Crippen LogP contribution is 2.26. The lowest BCUT2D eigenvalue weighted by Gasteiger charge is -2.21. The topological polar surface area (TPSA) is 12.0 Å². The minimum absolute atomic E-state index is 0.828. The second-order valence-electron chi connectivity index (χ2n) is 4.11. The van der Waals surface area contributed by atoms with Crippen LogP contribution in [0.3, 0.4) is 0 Å². The molecule has 1 heteroatoms. The van der Waals surface area contributed by atoms with Crippen molar-refractivity contribution in [2.45, 2.75) is 51.0 Å². The van der Waals surface area contributed by atoms with Gasteiger partial charge in [0.2, 0.25) is 0 Å². The van der Waals surface area contributed by atoms with Gasteiger partial charge in [0.25, 0.3) is 0 Å². The van der Waals surface area contributed by atoms with E-state index in [2.05, 4.69) is 11.4 Å². The Morgan fingerprint density at radius 3 is 2.58 bits per heavy atom. The quantitative estimate of drug-likeness (QED) is 0.634. The number of hydrogen-bond acceptors (Lipinski definition) is 1. The lowest BCUT2D eigenvalue weighted by atomic mass is 9.95. The summed E-state index contributed by atoms with van der Waals surface area (Å²) >= 11 is 0. The van der Waals surface area contributed by atoms with Gasteiger partial charge in [-0.05, 0) is 25.7 Å². The Morgan fingerprint density at radius 2 is 1.92 bits per heavy atom. The number of nitrogens with one attached hydrogen (secondary N) is 1. The summed E-state index contributed by atoms with van der Waals surface area (Å²) in [5.41, 5.74) is 1.67. The summed E-state index contributed by atoms with van der Waals surface area (Å²) in [7, 11) is 0. The van der Waals surface area contributed by atoms with Crippen molar-refractivity contribution in [2.24, 2.45) is 0 Å². The van der Waals surface area contributed by atoms with Crippen LogP contribution < -0.4 is 5.32 Å². The molecule has 0 aromatic rings. The van der Waals surface area contributed by atoms with Crippen molar-refractivity contribution in [2.75, 3.05) is 6.54 Å². The lowest BCUT2D eigenvalue weighted by Crippen LogP contribution is -2.30. The first-order valence-electron chi connectivity index (χ1n) is 5.36. The number of rotatable bonds is 3. The molecule has 2 rings (SSSR count). The molecule has 68 valence electrons. The zero-order valence-electron chi connectivity index (χ0n) is 7.81. The van der Waals surface area contributed by atoms with E-state index >= 15 is 0 Å². The van der Waals surface area contributed by atoms with E-state index in [4.69, 9.17) is 0 Å². The van der Waals surface area contributed by atoms with Crippen molar-refractivity contribution in [3.8, 4) is 0 Å². The predicted octanol–water partition coefficient (Wildman–Crippen LogP) is 2.63. The fourth-order valence-corrected chi connectivity index (χ4v) is 1.95. The third kappa shape index (κ3) is 2.63. The van der Waals surface area contributed by atoms with Crippen LogP contribution >= 0.6 is 0 Å². The summed E-state index contributed by atoms with van der Waals surface area (Å²) in [6, 6.07) is 0.828. The molecule has 0 radical (unpaired) electrons. The molecular weight excluding hydrogens is 146 g/mol. The van der Waals surface area contributed by atoms with Crippen molar-refractivity contribution < 1.29 is 0 Å². The zero-order valence-corrected chi connectivity index (χ0v) is 7.81. The van der Waals surface area contributed by atoms with Crippen LogP contribution in [-0.2, 0) is 0 Å². The Hall–Kier alpha value is -0.300. The lowest BCUT2D eigenvalue weighted by molar-refractivity contribution is 0.385. The molecule has 2 aliphatic rings. The molecule has 0 bridgehead atoms. The van der Waals surface area contributed by atoms with E-state index in [1.807, 2.05) is 0 Å². The van der Waals surface area contributed by atoms with Crippen LogP contribution in [0.5, 0.6) is 0 Å². The van der Waals surface area contributed by atoms with Gasteiger partial charge in [0, 0.05) is 12.6 Å². The van der Waals surface area contributed by atoms with Gasteiger partial charge in [0.1, 0.15) is 0 Å². The van der Waals surface area contributed by atoms with E-state index in [0.29, 0.717) is 0 Å². The molecular formula is C11H19N. The molecule has 2 aliphatic carbocycles. The maximum Gasteiger partial charge on any atom is 0.0140 e. The van der Waals surface area contributed by atoms with Crippen LogP contribution in [0.1, 0.15) is 44.9 Å². The Morgan fingerprint density at radius 1 is 1.17 bits per heavy atom. The number of allylic oxidation sites excluding steroid dienone is 1. The molecule has 1 N–H and O–H groups in total. The molecule has 0 atom stereocenters. The monoisotopic (exact) mass is 165 g/mol. The summed E-state index contributed by atoms with van der Waals surface area (Å²) in [5.74, 6) is 0. The maximum atomic E-state index is 3.62. The Kier molecular flexibility index (Phi) is 2.83. The fraction of sp³-hybridized carbons (Fsp3) is 0.818. The van der Waals surface area contributed by atoms with Gasteiger partial charge in [0.15, 0.2) is 0 Å². The van der Waals surface area contributed by atoms with E-state index in [1.165, 1.54) is 44.9 Å². The molecule has 0 aromatic carbocycles. The number of hydrogen-bond donors (Lipinski definition) is 1. The molecule has 0 saturated heterocycles. The van der Waals surface area contributed by atoms with Crippen LogP contribution in [0.25, 0.3) is 0 Å². The first-order valence-corrected chi connectivity index (χ1v) is 5.36. The second kappa shape index (κ2) is 4.08. The molecule has 2 saturated carbocycles. The van der Waals surface area contributed by atoms with Crippen LogP contribution in [0, 0.1) is 0 Å². The minimum Gasteiger partial charge on any atom is -0.311 e. The molecule has 0 aromatic heterocycles. The minimum atomic E-state index is 0.828. The van der Waals surface area contributed by atoms with Crippen LogP contribution in [-0.4, -0.2) is 12.6 Å². The Labute approximate surface area is 75.2 Å². The molecule has 0 amide bonds. The van der Waals surface area contributed by atoms with Gasteiger partial charge in [-0.15, -0.1) is 0 Å². The van der Waals surface area contributed by atoms with E-state index < -0.39 is 0 Å². The van der Waals surface area contributed by atoms with Gasteiger partial charge >= 0.3 is 0 Å². The normalized spacial score (nSPS) is 24.2. The molecule has 0 unspecified atom stereocenters. The highest BCUT2D eigenvalue weighted by atomic mass is 14.9. The predicted molar refractivity (Wildman–Crippen MR) is 52.2 cm³/mol. The standard InChI is InChI=1S/C11H19N/c1-2-4-11(5-3-1)12-9-8-10-6-7-10/h8,11-12H,1-7,9H2. The Balaban J connectivity index is 1.61. The van der Waals surface area contributed by atoms with E-state index in [0.717, 1.165) is 12.6 Å². The molecule has 0 spiro atoms. The SMILES string of the molecule is C(CNC1CCCCC1)=C1CC1. The largest absolute Gasteiger partial charge is 0.311 e. The highest BCUT2D eigenvalue weighted by Gasteiger charge is 2.13. The van der Waals surface area contributed by atoms with Crippen molar-refractivity contribution in [3.05, 3.63) is 11.6 Å². The summed E-state index contributed by atoms with van der Waals surface area (Å²) in [5, 5.41) is 3.62. The van der Waals surface area contributed by atoms with Crippen LogP contribution in [0.4, 0.5) is 0 Å². The average molecular weight is 165 g/mol. The maximum absolute atomic E-state index is 3.62. The molecule has 12 heavy (non-hydrogen) atoms. The third-order valence-corrected chi connectivity index (χ3v) is 2.94. The zero-order chi connectivity index (χ0) is 8.23. The van der Waals surface area contributed by atoms with Gasteiger partial charge in [-0.25, -0.2) is 0 Å². The van der Waals surface area contributed by atoms with Gasteiger partial charge in [-0.1, -0.05) is 30.9 Å². The second-order valence-corrected chi connectivity index (χ2v) is 4.11. The molecule has 0 heterocycles. The van der Waals surface area contributed by atoms with Crippen LogP contribution in [0.15, 0.2) is 11.6 Å². The van der Waals surface area contributed by atoms with E-state index in [-0.39, 0.29) is 0 Å². The smallest absolute Gasteiger partial charge is 0.0140 e. The third-order valence-electron chi connectivity index (χ3n) is 2.94. The van der Waals surface area contributed by atoms with Gasteiger partial charge in [-0.2, -0.15) is 0 Å². The van der Waals surface area contributed by atoms with E-state index in [9.17, 15) is 0 Å². The van der Waals surface area contributed by atoms with Crippen molar-refractivity contribution in [3.63, 3.8) is 0 Å². The Bertz CT molecular complexity index is 160.